The van der Waals surface area contributed by atoms with Crippen LogP contribution in [0.5, 0.6) is 0 Å². The quantitative estimate of drug-likeness (QED) is 0.815. The highest BCUT2D eigenvalue weighted by molar-refractivity contribution is 5.85. The SMILES string of the molecule is CCOC1=CC(O)=CC(C)(C)C1(O)CCn1cnc2ccccc2c1=O.Cl. The van der Waals surface area contributed by atoms with E-state index in [0.29, 0.717) is 23.3 Å². The van der Waals surface area contributed by atoms with Gasteiger partial charge in [-0.05, 0) is 25.1 Å². The van der Waals surface area contributed by atoms with E-state index in [1.807, 2.05) is 26.8 Å². The predicted octanol–water partition coefficient (Wildman–Crippen LogP) is 3.34. The van der Waals surface area contributed by atoms with Crippen molar-refractivity contribution in [2.24, 2.45) is 5.41 Å². The normalized spacial score (nSPS) is 21.2. The zero-order chi connectivity index (χ0) is 18.9. The number of fused-ring (bicyclic) bond motifs is 1. The van der Waals surface area contributed by atoms with Gasteiger partial charge in [-0.25, -0.2) is 4.98 Å². The lowest BCUT2D eigenvalue weighted by molar-refractivity contribution is -0.0674. The average Bonchev–Trinajstić information content (AvgIpc) is 2.59. The smallest absolute Gasteiger partial charge is 0.261 e. The van der Waals surface area contributed by atoms with Crippen molar-refractivity contribution >= 4 is 23.3 Å². The number of para-hydroxylation sites is 1. The van der Waals surface area contributed by atoms with Crippen LogP contribution in [-0.4, -0.2) is 32.0 Å². The molecule has 2 aromatic rings. The van der Waals surface area contributed by atoms with Crippen molar-refractivity contribution in [3.05, 3.63) is 64.6 Å². The molecule has 2 N–H and O–H groups in total. The van der Waals surface area contributed by atoms with Crippen molar-refractivity contribution in [3.63, 3.8) is 0 Å². The van der Waals surface area contributed by atoms with Gasteiger partial charge in [-0.2, -0.15) is 0 Å². The van der Waals surface area contributed by atoms with Crippen LogP contribution in [0.1, 0.15) is 27.2 Å². The summed E-state index contributed by atoms with van der Waals surface area (Å²) >= 11 is 0. The third-order valence-electron chi connectivity index (χ3n) is 5.01. The van der Waals surface area contributed by atoms with Gasteiger partial charge in [0.1, 0.15) is 17.1 Å². The molecule has 146 valence electrons. The van der Waals surface area contributed by atoms with Gasteiger partial charge in [-0.3, -0.25) is 9.36 Å². The van der Waals surface area contributed by atoms with E-state index in [1.165, 1.54) is 17.0 Å². The molecule has 0 spiro atoms. The number of rotatable bonds is 5. The zero-order valence-electron chi connectivity index (χ0n) is 15.7. The van der Waals surface area contributed by atoms with E-state index in [1.54, 1.807) is 24.3 Å². The largest absolute Gasteiger partial charge is 0.508 e. The van der Waals surface area contributed by atoms with Gasteiger partial charge in [-0.1, -0.05) is 26.0 Å². The molecule has 1 unspecified atom stereocenters. The van der Waals surface area contributed by atoms with Crippen molar-refractivity contribution in [3.8, 4) is 0 Å². The Labute approximate surface area is 164 Å². The molecule has 1 aliphatic carbocycles. The molecular formula is C20H25ClN2O4. The molecule has 0 bridgehead atoms. The minimum atomic E-state index is -1.35. The number of aliphatic hydroxyl groups is 2. The Balaban J connectivity index is 0.00000261. The fourth-order valence-corrected chi connectivity index (χ4v) is 3.41. The van der Waals surface area contributed by atoms with E-state index >= 15 is 0 Å². The summed E-state index contributed by atoms with van der Waals surface area (Å²) in [7, 11) is 0. The second kappa shape index (κ2) is 7.74. The van der Waals surface area contributed by atoms with Gasteiger partial charge >= 0.3 is 0 Å². The van der Waals surface area contributed by atoms with Crippen LogP contribution in [0.4, 0.5) is 0 Å². The number of hydrogen-bond acceptors (Lipinski definition) is 5. The van der Waals surface area contributed by atoms with Gasteiger partial charge in [0.15, 0.2) is 0 Å². The summed E-state index contributed by atoms with van der Waals surface area (Å²) in [4.78, 5) is 17.0. The van der Waals surface area contributed by atoms with Crippen molar-refractivity contribution in [1.29, 1.82) is 0 Å². The Morgan fingerprint density at radius 2 is 1.96 bits per heavy atom. The number of hydrogen-bond donors (Lipinski definition) is 2. The summed E-state index contributed by atoms with van der Waals surface area (Å²) in [6, 6.07) is 7.18. The van der Waals surface area contributed by atoms with Gasteiger partial charge in [0, 0.05) is 24.5 Å². The summed E-state index contributed by atoms with van der Waals surface area (Å²) < 4.78 is 7.10. The van der Waals surface area contributed by atoms with Crippen LogP contribution in [0.25, 0.3) is 10.9 Å². The average molecular weight is 393 g/mol. The van der Waals surface area contributed by atoms with Crippen LogP contribution in [0.15, 0.2) is 59.1 Å². The Morgan fingerprint density at radius 1 is 1.26 bits per heavy atom. The van der Waals surface area contributed by atoms with Gasteiger partial charge < -0.3 is 14.9 Å². The van der Waals surface area contributed by atoms with E-state index in [-0.39, 0.29) is 36.7 Å². The van der Waals surface area contributed by atoms with Crippen molar-refractivity contribution in [2.75, 3.05) is 6.61 Å². The molecule has 0 saturated heterocycles. The van der Waals surface area contributed by atoms with Crippen molar-refractivity contribution in [2.45, 2.75) is 39.3 Å². The van der Waals surface area contributed by atoms with E-state index in [4.69, 9.17) is 4.74 Å². The molecule has 7 heteroatoms. The number of aliphatic hydroxyl groups excluding tert-OH is 1. The summed E-state index contributed by atoms with van der Waals surface area (Å²) in [5.41, 5.74) is -1.61. The monoisotopic (exact) mass is 392 g/mol. The molecule has 0 radical (unpaired) electrons. The maximum Gasteiger partial charge on any atom is 0.261 e. The minimum absolute atomic E-state index is 0. The lowest BCUT2D eigenvalue weighted by Crippen LogP contribution is -2.49. The lowest BCUT2D eigenvalue weighted by Gasteiger charge is -2.44. The number of allylic oxidation sites excluding steroid dienone is 1. The molecular weight excluding hydrogens is 368 g/mol. The molecule has 0 aliphatic heterocycles. The second-order valence-electron chi connectivity index (χ2n) is 7.10. The van der Waals surface area contributed by atoms with E-state index in [2.05, 4.69) is 4.98 Å². The topological polar surface area (TPSA) is 84.6 Å². The van der Waals surface area contributed by atoms with E-state index in [0.717, 1.165) is 0 Å². The first-order valence-corrected chi connectivity index (χ1v) is 8.72. The number of ether oxygens (including phenoxy) is 1. The van der Waals surface area contributed by atoms with Crippen LogP contribution in [-0.2, 0) is 11.3 Å². The Kier molecular flexibility index (Phi) is 6.02. The Hall–Kier alpha value is -2.31. The highest BCUT2D eigenvalue weighted by Gasteiger charge is 2.48. The third-order valence-corrected chi connectivity index (χ3v) is 5.01. The molecule has 1 aliphatic rings. The second-order valence-corrected chi connectivity index (χ2v) is 7.10. The van der Waals surface area contributed by atoms with Crippen LogP contribution in [0.3, 0.4) is 0 Å². The Morgan fingerprint density at radius 3 is 2.67 bits per heavy atom. The van der Waals surface area contributed by atoms with Gasteiger partial charge in [0.05, 0.1) is 23.8 Å². The highest BCUT2D eigenvalue weighted by atomic mass is 35.5. The first kappa shape index (κ1) is 21.0. The number of nitrogens with zero attached hydrogens (tertiary/aromatic N) is 2. The molecule has 1 atom stereocenters. The predicted molar refractivity (Wildman–Crippen MR) is 107 cm³/mol. The fraction of sp³-hybridized carbons (Fsp3) is 0.400. The summed E-state index contributed by atoms with van der Waals surface area (Å²) in [6.45, 7) is 6.12. The third kappa shape index (κ3) is 3.73. The maximum atomic E-state index is 12.7. The van der Waals surface area contributed by atoms with Gasteiger partial charge in [-0.15, -0.1) is 12.4 Å². The zero-order valence-corrected chi connectivity index (χ0v) is 16.5. The number of benzene rings is 1. The number of aryl methyl sites for hydroxylation is 1. The van der Waals surface area contributed by atoms with E-state index in [9.17, 15) is 15.0 Å². The van der Waals surface area contributed by atoms with Crippen molar-refractivity contribution < 1.29 is 14.9 Å². The molecule has 1 aromatic carbocycles. The molecule has 0 saturated carbocycles. The molecule has 27 heavy (non-hydrogen) atoms. The number of halogens is 1. The maximum absolute atomic E-state index is 12.7. The van der Waals surface area contributed by atoms with Crippen LogP contribution < -0.4 is 5.56 Å². The molecule has 0 fully saturated rings. The lowest BCUT2D eigenvalue weighted by atomic mass is 9.69. The molecule has 0 amide bonds. The molecule has 6 nitrogen and oxygen atoms in total. The molecule has 1 heterocycles. The highest BCUT2D eigenvalue weighted by Crippen LogP contribution is 2.45. The van der Waals surface area contributed by atoms with Gasteiger partial charge in [0.25, 0.3) is 5.56 Å². The number of aromatic nitrogens is 2. The van der Waals surface area contributed by atoms with Crippen LogP contribution in [0.2, 0.25) is 0 Å². The molecule has 3 rings (SSSR count). The first-order valence-electron chi connectivity index (χ1n) is 8.72. The first-order chi connectivity index (χ1) is 12.3. The van der Waals surface area contributed by atoms with Crippen LogP contribution in [0, 0.1) is 5.41 Å². The van der Waals surface area contributed by atoms with E-state index < -0.39 is 11.0 Å². The van der Waals surface area contributed by atoms with Crippen molar-refractivity contribution in [1.82, 2.24) is 9.55 Å². The minimum Gasteiger partial charge on any atom is -0.508 e. The Bertz CT molecular complexity index is 948. The molecule has 1 aromatic heterocycles. The summed E-state index contributed by atoms with van der Waals surface area (Å²) in [6.07, 6.45) is 4.80. The van der Waals surface area contributed by atoms with Crippen LogP contribution >= 0.6 is 12.4 Å². The standard InChI is InChI=1S/C20H24N2O4.ClH/c1-4-26-17-11-14(23)12-19(2,3)20(17,25)9-10-22-13-21-16-8-6-5-7-15(16)18(22)24;/h5-8,11-13,23,25H,4,9-10H2,1-3H3;1H. The summed E-state index contributed by atoms with van der Waals surface area (Å²) in [5.74, 6) is 0.375. The fourth-order valence-electron chi connectivity index (χ4n) is 3.41. The van der Waals surface area contributed by atoms with Gasteiger partial charge in [0.2, 0.25) is 0 Å². The summed E-state index contributed by atoms with van der Waals surface area (Å²) in [5, 5.41) is 21.9.